The molecule has 32 heavy (non-hydrogen) atoms. The van der Waals surface area contributed by atoms with Gasteiger partial charge in [-0.3, -0.25) is 4.68 Å². The van der Waals surface area contributed by atoms with Crippen LogP contribution in [0.3, 0.4) is 0 Å². The summed E-state index contributed by atoms with van der Waals surface area (Å²) in [5.74, 6) is 0. The number of nitrogens with one attached hydrogen (secondary N) is 1. The molecule has 1 aliphatic heterocycles. The number of para-hydroxylation sites is 1. The van der Waals surface area contributed by atoms with Crippen molar-refractivity contribution in [3.63, 3.8) is 0 Å². The zero-order valence-corrected chi connectivity index (χ0v) is 18.6. The third kappa shape index (κ3) is 3.53. The number of rotatable bonds is 4. The van der Waals surface area contributed by atoms with Crippen LogP contribution in [0.1, 0.15) is 18.9 Å². The van der Waals surface area contributed by atoms with E-state index in [-0.39, 0.29) is 0 Å². The van der Waals surface area contributed by atoms with E-state index >= 15 is 0 Å². The number of fused-ring (bicyclic) bond motifs is 1. The van der Waals surface area contributed by atoms with Crippen molar-refractivity contribution < 1.29 is 0 Å². The van der Waals surface area contributed by atoms with Crippen LogP contribution >= 0.6 is 11.3 Å². The maximum atomic E-state index is 5.15. The minimum Gasteiger partial charge on any atom is -0.317 e. The Morgan fingerprint density at radius 3 is 2.53 bits per heavy atom. The second kappa shape index (κ2) is 8.34. The Morgan fingerprint density at radius 2 is 1.72 bits per heavy atom. The summed E-state index contributed by atoms with van der Waals surface area (Å²) in [7, 11) is 0. The van der Waals surface area contributed by atoms with E-state index in [9.17, 15) is 0 Å². The van der Waals surface area contributed by atoms with Crippen LogP contribution in [0.4, 0.5) is 0 Å². The van der Waals surface area contributed by atoms with Gasteiger partial charge >= 0.3 is 0 Å². The molecule has 1 fully saturated rings. The summed E-state index contributed by atoms with van der Waals surface area (Å²) in [6.45, 7) is 2.11. The quantitative estimate of drug-likeness (QED) is 0.354. The smallest absolute Gasteiger partial charge is 0.0930 e. The van der Waals surface area contributed by atoms with Crippen LogP contribution in [0.2, 0.25) is 0 Å². The fourth-order valence-corrected chi connectivity index (χ4v) is 5.36. The van der Waals surface area contributed by atoms with Crippen LogP contribution in [-0.4, -0.2) is 27.9 Å². The van der Waals surface area contributed by atoms with Gasteiger partial charge in [0.2, 0.25) is 0 Å². The van der Waals surface area contributed by atoms with Crippen LogP contribution < -0.4 is 5.32 Å². The minimum atomic E-state index is 0.466. The molecule has 4 nitrogen and oxygen atoms in total. The van der Waals surface area contributed by atoms with Crippen LogP contribution in [0.15, 0.2) is 84.4 Å². The van der Waals surface area contributed by atoms with Gasteiger partial charge in [0.05, 0.1) is 22.9 Å². The fourth-order valence-electron chi connectivity index (χ4n) is 4.60. The van der Waals surface area contributed by atoms with E-state index in [1.807, 2.05) is 6.07 Å². The maximum absolute atomic E-state index is 5.15. The van der Waals surface area contributed by atoms with Gasteiger partial charge in [0.15, 0.2) is 0 Å². The first-order valence-corrected chi connectivity index (χ1v) is 12.0. The molecule has 4 heterocycles. The van der Waals surface area contributed by atoms with Crippen molar-refractivity contribution in [2.75, 3.05) is 13.1 Å². The van der Waals surface area contributed by atoms with E-state index in [0.717, 1.165) is 59.3 Å². The molecule has 0 bridgehead atoms. The number of thiophene rings is 1. The molecule has 5 heteroatoms. The molecule has 1 N–H and O–H groups in total. The van der Waals surface area contributed by atoms with Gasteiger partial charge in [-0.25, -0.2) is 4.98 Å². The third-order valence-electron chi connectivity index (χ3n) is 6.26. The van der Waals surface area contributed by atoms with Crippen molar-refractivity contribution in [3.8, 4) is 33.0 Å². The number of benzene rings is 2. The normalized spacial score (nSPS) is 14.8. The summed E-state index contributed by atoms with van der Waals surface area (Å²) in [6, 6.07) is 26.0. The van der Waals surface area contributed by atoms with Gasteiger partial charge < -0.3 is 5.32 Å². The number of aromatic nitrogens is 3. The summed E-state index contributed by atoms with van der Waals surface area (Å²) < 4.78 is 2.16. The molecule has 5 aromatic rings. The lowest BCUT2D eigenvalue weighted by atomic mass is 9.99. The molecule has 2 aromatic carbocycles. The number of hydrogen-bond donors (Lipinski definition) is 1. The number of pyridine rings is 1. The van der Waals surface area contributed by atoms with Gasteiger partial charge in [0.1, 0.15) is 0 Å². The molecule has 158 valence electrons. The Morgan fingerprint density at radius 1 is 0.844 bits per heavy atom. The lowest BCUT2D eigenvalue weighted by molar-refractivity contribution is 0.343. The molecule has 0 unspecified atom stereocenters. The standard InChI is InChI=1S/C27H24N4S/c1-2-6-19(7-3-1)25-18-23(24-13-16-31(30-24)20-11-14-28-15-12-20)21-8-4-9-22(27(21)29-25)26-10-5-17-32-26/h1-10,13,16-18,20,28H,11-12,14-15H2. The summed E-state index contributed by atoms with van der Waals surface area (Å²) >= 11 is 1.75. The molecule has 0 spiro atoms. The Kier molecular flexibility index (Phi) is 5.06. The second-order valence-corrected chi connectivity index (χ2v) is 9.21. The monoisotopic (exact) mass is 436 g/mol. The molecule has 0 radical (unpaired) electrons. The SMILES string of the molecule is c1ccc(-c2cc(-c3ccn(C4CCNCC4)n3)c3cccc(-c4cccs4)c3n2)cc1. The van der Waals surface area contributed by atoms with Gasteiger partial charge in [0.25, 0.3) is 0 Å². The van der Waals surface area contributed by atoms with E-state index in [0.29, 0.717) is 6.04 Å². The number of hydrogen-bond acceptors (Lipinski definition) is 4. The van der Waals surface area contributed by atoms with E-state index in [1.165, 1.54) is 10.4 Å². The highest BCUT2D eigenvalue weighted by atomic mass is 32.1. The summed E-state index contributed by atoms with van der Waals surface area (Å²) in [5, 5.41) is 11.8. The van der Waals surface area contributed by atoms with Crippen LogP contribution in [-0.2, 0) is 0 Å². The molecular weight excluding hydrogens is 412 g/mol. The third-order valence-corrected chi connectivity index (χ3v) is 7.17. The van der Waals surface area contributed by atoms with Gasteiger partial charge in [-0.05, 0) is 49.5 Å². The van der Waals surface area contributed by atoms with E-state index in [4.69, 9.17) is 10.1 Å². The largest absolute Gasteiger partial charge is 0.317 e. The topological polar surface area (TPSA) is 42.7 Å². The highest BCUT2D eigenvalue weighted by Crippen LogP contribution is 2.37. The van der Waals surface area contributed by atoms with Gasteiger partial charge in [0, 0.05) is 33.2 Å². The van der Waals surface area contributed by atoms with Crippen molar-refractivity contribution in [3.05, 3.63) is 84.4 Å². The number of piperidine rings is 1. The molecule has 0 aliphatic carbocycles. The van der Waals surface area contributed by atoms with E-state index < -0.39 is 0 Å². The van der Waals surface area contributed by atoms with Crippen LogP contribution in [0.25, 0.3) is 43.9 Å². The van der Waals surface area contributed by atoms with E-state index in [2.05, 4.69) is 88.3 Å². The fraction of sp³-hybridized carbons (Fsp3) is 0.185. The minimum absolute atomic E-state index is 0.466. The Labute approximate surface area is 191 Å². The molecule has 0 amide bonds. The molecule has 1 saturated heterocycles. The summed E-state index contributed by atoms with van der Waals surface area (Å²) in [4.78, 5) is 6.38. The van der Waals surface area contributed by atoms with Gasteiger partial charge in [-0.15, -0.1) is 11.3 Å². The maximum Gasteiger partial charge on any atom is 0.0930 e. The van der Waals surface area contributed by atoms with Gasteiger partial charge in [-0.1, -0.05) is 54.6 Å². The lowest BCUT2D eigenvalue weighted by Gasteiger charge is -2.22. The van der Waals surface area contributed by atoms with Crippen molar-refractivity contribution >= 4 is 22.2 Å². The molecule has 3 aromatic heterocycles. The first-order chi connectivity index (χ1) is 15.9. The predicted molar refractivity (Wildman–Crippen MR) is 133 cm³/mol. The predicted octanol–water partition coefficient (Wildman–Crippen LogP) is 6.42. The average Bonchev–Trinajstić information content (AvgIpc) is 3.57. The molecular formula is C27H24N4S. The van der Waals surface area contributed by atoms with Crippen LogP contribution in [0.5, 0.6) is 0 Å². The van der Waals surface area contributed by atoms with Crippen molar-refractivity contribution in [1.82, 2.24) is 20.1 Å². The summed E-state index contributed by atoms with van der Waals surface area (Å²) in [5.41, 5.74) is 6.45. The summed E-state index contributed by atoms with van der Waals surface area (Å²) in [6.07, 6.45) is 4.38. The zero-order valence-electron chi connectivity index (χ0n) is 17.7. The first-order valence-electron chi connectivity index (χ1n) is 11.2. The Hall–Kier alpha value is -3.28. The van der Waals surface area contributed by atoms with E-state index in [1.54, 1.807) is 11.3 Å². The molecule has 1 aliphatic rings. The molecule has 0 atom stereocenters. The van der Waals surface area contributed by atoms with Crippen molar-refractivity contribution in [2.24, 2.45) is 0 Å². The Balaban J connectivity index is 1.55. The number of nitrogens with zero attached hydrogens (tertiary/aromatic N) is 3. The Bertz CT molecular complexity index is 1350. The van der Waals surface area contributed by atoms with Crippen molar-refractivity contribution in [2.45, 2.75) is 18.9 Å². The highest BCUT2D eigenvalue weighted by molar-refractivity contribution is 7.13. The molecule has 0 saturated carbocycles. The highest BCUT2D eigenvalue weighted by Gasteiger charge is 2.19. The average molecular weight is 437 g/mol. The second-order valence-electron chi connectivity index (χ2n) is 8.26. The molecule has 6 rings (SSSR count). The van der Waals surface area contributed by atoms with Gasteiger partial charge in [-0.2, -0.15) is 5.10 Å². The lowest BCUT2D eigenvalue weighted by Crippen LogP contribution is -2.29. The van der Waals surface area contributed by atoms with Crippen molar-refractivity contribution in [1.29, 1.82) is 0 Å². The zero-order chi connectivity index (χ0) is 21.3. The first kappa shape index (κ1) is 19.4. The van der Waals surface area contributed by atoms with Crippen LogP contribution in [0, 0.1) is 0 Å².